The molecule has 4 heteroatoms. The third kappa shape index (κ3) is 3.75. The van der Waals surface area contributed by atoms with Gasteiger partial charge in [0.25, 0.3) is 5.91 Å². The molecule has 1 aliphatic heterocycles. The third-order valence-electron chi connectivity index (χ3n) is 2.72. The summed E-state index contributed by atoms with van der Waals surface area (Å²) in [7, 11) is 0. The standard InChI is InChI=1S/C14H19NO2S/c1-10(2)18-12-7-5-11(6-8-12)15-14(16)13-4-3-9-17-13/h5-8,10,13H,3-4,9H2,1-2H3,(H,15,16). The molecule has 1 N–H and O–H groups in total. The number of anilines is 1. The van der Waals surface area contributed by atoms with Crippen LogP contribution < -0.4 is 5.32 Å². The summed E-state index contributed by atoms with van der Waals surface area (Å²) < 4.78 is 5.35. The monoisotopic (exact) mass is 265 g/mol. The zero-order chi connectivity index (χ0) is 13.0. The Morgan fingerprint density at radius 1 is 1.39 bits per heavy atom. The van der Waals surface area contributed by atoms with Crippen molar-refractivity contribution in [3.05, 3.63) is 24.3 Å². The fourth-order valence-corrected chi connectivity index (χ4v) is 2.73. The Morgan fingerprint density at radius 3 is 2.67 bits per heavy atom. The second kappa shape index (κ2) is 6.25. The van der Waals surface area contributed by atoms with Crippen LogP contribution >= 0.6 is 11.8 Å². The number of rotatable bonds is 4. The summed E-state index contributed by atoms with van der Waals surface area (Å²) in [5, 5.41) is 3.46. The van der Waals surface area contributed by atoms with E-state index in [9.17, 15) is 4.79 Å². The first kappa shape index (κ1) is 13.4. The molecule has 18 heavy (non-hydrogen) atoms. The van der Waals surface area contributed by atoms with Gasteiger partial charge in [0.15, 0.2) is 0 Å². The first-order valence-electron chi connectivity index (χ1n) is 6.34. The number of amides is 1. The Labute approximate surface area is 112 Å². The number of carbonyl (C=O) groups is 1. The number of hydrogen-bond acceptors (Lipinski definition) is 3. The molecule has 2 rings (SSSR count). The van der Waals surface area contributed by atoms with Gasteiger partial charge in [0.05, 0.1) is 0 Å². The lowest BCUT2D eigenvalue weighted by molar-refractivity contribution is -0.124. The van der Waals surface area contributed by atoms with Crippen LogP contribution in [0.3, 0.4) is 0 Å². The average molecular weight is 265 g/mol. The van der Waals surface area contributed by atoms with Gasteiger partial charge in [-0.1, -0.05) is 13.8 Å². The summed E-state index contributed by atoms with van der Waals surface area (Å²) >= 11 is 1.81. The van der Waals surface area contributed by atoms with Crippen molar-refractivity contribution in [1.29, 1.82) is 0 Å². The summed E-state index contributed by atoms with van der Waals surface area (Å²) in [4.78, 5) is 13.1. The number of benzene rings is 1. The van der Waals surface area contributed by atoms with E-state index < -0.39 is 0 Å². The topological polar surface area (TPSA) is 38.3 Å². The highest BCUT2D eigenvalue weighted by molar-refractivity contribution is 7.99. The Morgan fingerprint density at radius 2 is 2.11 bits per heavy atom. The summed E-state index contributed by atoms with van der Waals surface area (Å²) in [6, 6.07) is 7.96. The normalized spacial score (nSPS) is 19.2. The lowest BCUT2D eigenvalue weighted by atomic mass is 10.2. The van der Waals surface area contributed by atoms with Crippen molar-refractivity contribution in [2.24, 2.45) is 0 Å². The first-order chi connectivity index (χ1) is 8.65. The maximum absolute atomic E-state index is 11.8. The fraction of sp³-hybridized carbons (Fsp3) is 0.500. The van der Waals surface area contributed by atoms with Crippen LogP contribution in [0, 0.1) is 0 Å². The fourth-order valence-electron chi connectivity index (χ4n) is 1.90. The molecule has 0 radical (unpaired) electrons. The molecule has 0 bridgehead atoms. The van der Waals surface area contributed by atoms with Crippen molar-refractivity contribution in [3.63, 3.8) is 0 Å². The van der Waals surface area contributed by atoms with Gasteiger partial charge >= 0.3 is 0 Å². The minimum absolute atomic E-state index is 0.0308. The largest absolute Gasteiger partial charge is 0.368 e. The molecule has 1 aliphatic rings. The zero-order valence-corrected chi connectivity index (χ0v) is 11.6. The summed E-state index contributed by atoms with van der Waals surface area (Å²) in [6.45, 7) is 5.03. The highest BCUT2D eigenvalue weighted by Gasteiger charge is 2.23. The van der Waals surface area contributed by atoms with Gasteiger partial charge < -0.3 is 10.1 Å². The second-order valence-electron chi connectivity index (χ2n) is 4.68. The number of thioether (sulfide) groups is 1. The van der Waals surface area contributed by atoms with Crippen LogP contribution in [0.1, 0.15) is 26.7 Å². The van der Waals surface area contributed by atoms with Gasteiger partial charge in [0.2, 0.25) is 0 Å². The van der Waals surface area contributed by atoms with E-state index in [1.54, 1.807) is 0 Å². The van der Waals surface area contributed by atoms with Gasteiger partial charge in [0, 0.05) is 22.4 Å². The van der Waals surface area contributed by atoms with Crippen molar-refractivity contribution in [2.75, 3.05) is 11.9 Å². The van der Waals surface area contributed by atoms with Crippen LogP contribution in [0.15, 0.2) is 29.2 Å². The van der Waals surface area contributed by atoms with Crippen LogP contribution in [0.5, 0.6) is 0 Å². The molecule has 1 amide bonds. The quantitative estimate of drug-likeness (QED) is 0.849. The van der Waals surface area contributed by atoms with E-state index in [0.29, 0.717) is 11.9 Å². The average Bonchev–Trinajstić information content (AvgIpc) is 2.84. The maximum atomic E-state index is 11.8. The molecule has 1 aromatic carbocycles. The van der Waals surface area contributed by atoms with E-state index >= 15 is 0 Å². The molecule has 0 aromatic heterocycles. The van der Waals surface area contributed by atoms with Gasteiger partial charge in [-0.15, -0.1) is 11.8 Å². The smallest absolute Gasteiger partial charge is 0.253 e. The molecular formula is C14H19NO2S. The van der Waals surface area contributed by atoms with Crippen molar-refractivity contribution in [3.8, 4) is 0 Å². The minimum Gasteiger partial charge on any atom is -0.368 e. The van der Waals surface area contributed by atoms with E-state index in [1.807, 2.05) is 36.0 Å². The molecular weight excluding hydrogens is 246 g/mol. The number of ether oxygens (including phenoxy) is 1. The van der Waals surface area contributed by atoms with Gasteiger partial charge in [-0.25, -0.2) is 0 Å². The van der Waals surface area contributed by atoms with E-state index in [4.69, 9.17) is 4.74 Å². The van der Waals surface area contributed by atoms with Crippen molar-refractivity contribution in [1.82, 2.24) is 0 Å². The predicted octanol–water partition coefficient (Wildman–Crippen LogP) is 3.30. The second-order valence-corrected chi connectivity index (χ2v) is 6.33. The Hall–Kier alpha value is -1.00. The van der Waals surface area contributed by atoms with E-state index in [0.717, 1.165) is 18.5 Å². The van der Waals surface area contributed by atoms with Crippen molar-refractivity contribution >= 4 is 23.4 Å². The maximum Gasteiger partial charge on any atom is 0.253 e. The molecule has 98 valence electrons. The van der Waals surface area contributed by atoms with Gasteiger partial charge in [0.1, 0.15) is 6.10 Å². The number of carbonyl (C=O) groups excluding carboxylic acids is 1. The van der Waals surface area contributed by atoms with E-state index in [1.165, 1.54) is 4.90 Å². The third-order valence-corrected chi connectivity index (χ3v) is 3.73. The molecule has 1 heterocycles. The Kier molecular flexibility index (Phi) is 4.66. The molecule has 0 spiro atoms. The van der Waals surface area contributed by atoms with Crippen LogP contribution in [0.4, 0.5) is 5.69 Å². The summed E-state index contributed by atoms with van der Waals surface area (Å²) in [5.41, 5.74) is 0.837. The van der Waals surface area contributed by atoms with Crippen LogP contribution in [-0.2, 0) is 9.53 Å². The Balaban J connectivity index is 1.91. The lowest BCUT2D eigenvalue weighted by Gasteiger charge is -2.11. The van der Waals surface area contributed by atoms with Crippen molar-refractivity contribution < 1.29 is 9.53 Å². The molecule has 3 nitrogen and oxygen atoms in total. The summed E-state index contributed by atoms with van der Waals surface area (Å²) in [5.74, 6) is -0.0308. The number of nitrogens with one attached hydrogen (secondary N) is 1. The SMILES string of the molecule is CC(C)Sc1ccc(NC(=O)C2CCCO2)cc1. The van der Waals surface area contributed by atoms with E-state index in [-0.39, 0.29) is 12.0 Å². The van der Waals surface area contributed by atoms with Gasteiger partial charge in [-0.05, 0) is 37.1 Å². The molecule has 1 unspecified atom stereocenters. The molecule has 1 saturated heterocycles. The highest BCUT2D eigenvalue weighted by atomic mass is 32.2. The van der Waals surface area contributed by atoms with E-state index in [2.05, 4.69) is 19.2 Å². The number of hydrogen-bond donors (Lipinski definition) is 1. The van der Waals surface area contributed by atoms with Crippen LogP contribution in [-0.4, -0.2) is 23.9 Å². The zero-order valence-electron chi connectivity index (χ0n) is 10.8. The van der Waals surface area contributed by atoms with Gasteiger partial charge in [-0.3, -0.25) is 4.79 Å². The van der Waals surface area contributed by atoms with Crippen LogP contribution in [0.25, 0.3) is 0 Å². The molecule has 0 saturated carbocycles. The first-order valence-corrected chi connectivity index (χ1v) is 7.22. The lowest BCUT2D eigenvalue weighted by Crippen LogP contribution is -2.26. The Bertz CT molecular complexity index is 397. The molecule has 1 aromatic rings. The molecule has 0 aliphatic carbocycles. The summed E-state index contributed by atoms with van der Waals surface area (Å²) in [6.07, 6.45) is 1.53. The van der Waals surface area contributed by atoms with Crippen molar-refractivity contribution in [2.45, 2.75) is 42.9 Å². The predicted molar refractivity (Wildman–Crippen MR) is 75.0 cm³/mol. The molecule has 1 atom stereocenters. The highest BCUT2D eigenvalue weighted by Crippen LogP contribution is 2.24. The molecule has 1 fully saturated rings. The minimum atomic E-state index is -0.269. The van der Waals surface area contributed by atoms with Gasteiger partial charge in [-0.2, -0.15) is 0 Å². The van der Waals surface area contributed by atoms with Crippen LogP contribution in [0.2, 0.25) is 0 Å².